The standard InChI is InChI=1S/C11H7ClFN3O3/c12-10-5-14-7(4-15-10)6-19-11-8(13)2-1-3-9(11)16(17)18/h1-5H,6H2. The van der Waals surface area contributed by atoms with Crippen LogP contribution in [0.25, 0.3) is 0 Å². The van der Waals surface area contributed by atoms with Gasteiger partial charge in [-0.05, 0) is 6.07 Å². The Kier molecular flexibility index (Phi) is 3.86. The zero-order chi connectivity index (χ0) is 13.8. The molecule has 1 aromatic heterocycles. The second kappa shape index (κ2) is 5.57. The predicted octanol–water partition coefficient (Wildman–Crippen LogP) is 2.76. The van der Waals surface area contributed by atoms with Crippen molar-refractivity contribution in [2.45, 2.75) is 6.61 Å². The third kappa shape index (κ3) is 3.14. The molecule has 0 fully saturated rings. The Morgan fingerprint density at radius 2 is 2.16 bits per heavy atom. The van der Waals surface area contributed by atoms with Gasteiger partial charge in [0.15, 0.2) is 5.82 Å². The van der Waals surface area contributed by atoms with E-state index >= 15 is 0 Å². The highest BCUT2D eigenvalue weighted by atomic mass is 35.5. The van der Waals surface area contributed by atoms with Gasteiger partial charge in [-0.1, -0.05) is 17.7 Å². The first kappa shape index (κ1) is 13.2. The van der Waals surface area contributed by atoms with Crippen LogP contribution in [0.15, 0.2) is 30.6 Å². The fourth-order valence-electron chi connectivity index (χ4n) is 1.34. The number of ether oxygens (including phenoxy) is 1. The van der Waals surface area contributed by atoms with Crippen LogP contribution in [-0.4, -0.2) is 14.9 Å². The smallest absolute Gasteiger partial charge is 0.314 e. The van der Waals surface area contributed by atoms with Gasteiger partial charge in [0.1, 0.15) is 11.8 Å². The van der Waals surface area contributed by atoms with Crippen molar-refractivity contribution in [1.29, 1.82) is 0 Å². The van der Waals surface area contributed by atoms with Crippen LogP contribution in [0.5, 0.6) is 5.75 Å². The van der Waals surface area contributed by atoms with E-state index in [1.54, 1.807) is 0 Å². The topological polar surface area (TPSA) is 78.2 Å². The van der Waals surface area contributed by atoms with Crippen LogP contribution in [0.4, 0.5) is 10.1 Å². The van der Waals surface area contributed by atoms with Crippen molar-refractivity contribution in [3.63, 3.8) is 0 Å². The van der Waals surface area contributed by atoms with Crippen LogP contribution in [0.1, 0.15) is 5.69 Å². The Balaban J connectivity index is 2.19. The molecule has 0 unspecified atom stereocenters. The van der Waals surface area contributed by atoms with Crippen LogP contribution >= 0.6 is 11.6 Å². The van der Waals surface area contributed by atoms with Crippen molar-refractivity contribution in [2.24, 2.45) is 0 Å². The lowest BCUT2D eigenvalue weighted by Crippen LogP contribution is -2.03. The molecule has 0 atom stereocenters. The van der Waals surface area contributed by atoms with Gasteiger partial charge in [-0.3, -0.25) is 15.1 Å². The van der Waals surface area contributed by atoms with Crippen molar-refractivity contribution in [3.05, 3.63) is 57.4 Å². The van der Waals surface area contributed by atoms with Gasteiger partial charge in [-0.2, -0.15) is 0 Å². The first-order valence-corrected chi connectivity index (χ1v) is 5.48. The molecule has 0 aliphatic carbocycles. The fraction of sp³-hybridized carbons (Fsp3) is 0.0909. The lowest BCUT2D eigenvalue weighted by Gasteiger charge is -2.06. The monoisotopic (exact) mass is 283 g/mol. The molecule has 0 radical (unpaired) electrons. The van der Waals surface area contributed by atoms with Gasteiger partial charge in [0.05, 0.1) is 23.0 Å². The number of para-hydroxylation sites is 1. The Labute approximate surface area is 112 Å². The maximum atomic E-state index is 13.5. The minimum Gasteiger partial charge on any atom is -0.478 e. The maximum absolute atomic E-state index is 13.5. The highest BCUT2D eigenvalue weighted by Crippen LogP contribution is 2.30. The van der Waals surface area contributed by atoms with Crippen LogP contribution in [0.2, 0.25) is 5.15 Å². The number of halogens is 2. The minimum absolute atomic E-state index is 0.147. The zero-order valence-corrected chi connectivity index (χ0v) is 10.2. The number of nitro benzene ring substituents is 1. The molecule has 0 N–H and O–H groups in total. The normalized spacial score (nSPS) is 10.2. The molecule has 8 heteroatoms. The molecule has 19 heavy (non-hydrogen) atoms. The molecule has 0 bridgehead atoms. The number of hydrogen-bond donors (Lipinski definition) is 0. The Morgan fingerprint density at radius 1 is 1.37 bits per heavy atom. The molecule has 6 nitrogen and oxygen atoms in total. The molecule has 0 aliphatic heterocycles. The van der Waals surface area contributed by atoms with E-state index in [0.717, 1.165) is 12.1 Å². The van der Waals surface area contributed by atoms with E-state index in [9.17, 15) is 14.5 Å². The molecule has 0 saturated carbocycles. The molecule has 2 aromatic rings. The second-order valence-corrected chi connectivity index (χ2v) is 3.85. The summed E-state index contributed by atoms with van der Waals surface area (Å²) in [7, 11) is 0. The summed E-state index contributed by atoms with van der Waals surface area (Å²) in [5.74, 6) is -1.24. The van der Waals surface area contributed by atoms with Crippen LogP contribution in [-0.2, 0) is 6.61 Å². The average Bonchev–Trinajstić information content (AvgIpc) is 2.39. The molecule has 1 aromatic carbocycles. The summed E-state index contributed by atoms with van der Waals surface area (Å²) in [4.78, 5) is 17.7. The van der Waals surface area contributed by atoms with E-state index in [-0.39, 0.29) is 11.8 Å². The van der Waals surface area contributed by atoms with Gasteiger partial charge in [0, 0.05) is 6.07 Å². The van der Waals surface area contributed by atoms with E-state index in [2.05, 4.69) is 9.97 Å². The highest BCUT2D eigenvalue weighted by Gasteiger charge is 2.19. The molecule has 0 saturated heterocycles. The van der Waals surface area contributed by atoms with Gasteiger partial charge >= 0.3 is 5.69 Å². The number of nitro groups is 1. The van der Waals surface area contributed by atoms with E-state index in [0.29, 0.717) is 5.69 Å². The van der Waals surface area contributed by atoms with Crippen LogP contribution in [0, 0.1) is 15.9 Å². The first-order chi connectivity index (χ1) is 9.08. The fourth-order valence-corrected chi connectivity index (χ4v) is 1.44. The Bertz CT molecular complexity index is 607. The van der Waals surface area contributed by atoms with Gasteiger partial charge in [-0.25, -0.2) is 9.37 Å². The number of aromatic nitrogens is 2. The van der Waals surface area contributed by atoms with Gasteiger partial charge in [0.2, 0.25) is 5.75 Å². The summed E-state index contributed by atoms with van der Waals surface area (Å²) in [5, 5.41) is 11.0. The third-order valence-electron chi connectivity index (χ3n) is 2.18. The average molecular weight is 284 g/mol. The van der Waals surface area contributed by atoms with Gasteiger partial charge in [0.25, 0.3) is 0 Å². The summed E-state index contributed by atoms with van der Waals surface area (Å²) in [6.45, 7) is -0.147. The van der Waals surface area contributed by atoms with Gasteiger partial charge in [-0.15, -0.1) is 0 Å². The van der Waals surface area contributed by atoms with E-state index < -0.39 is 22.2 Å². The Morgan fingerprint density at radius 3 is 2.79 bits per heavy atom. The minimum atomic E-state index is -0.809. The molecular weight excluding hydrogens is 277 g/mol. The zero-order valence-electron chi connectivity index (χ0n) is 9.42. The van der Waals surface area contributed by atoms with Crippen LogP contribution in [0.3, 0.4) is 0 Å². The van der Waals surface area contributed by atoms with E-state index in [1.165, 1.54) is 18.5 Å². The number of benzene rings is 1. The van der Waals surface area contributed by atoms with Crippen molar-refractivity contribution in [2.75, 3.05) is 0 Å². The molecular formula is C11H7ClFN3O3. The summed E-state index contributed by atoms with van der Waals surface area (Å²) in [5.41, 5.74) is -0.0659. The SMILES string of the molecule is O=[N+]([O-])c1cccc(F)c1OCc1cnc(Cl)cn1. The summed E-state index contributed by atoms with van der Waals surface area (Å²) in [6, 6.07) is 3.48. The van der Waals surface area contributed by atoms with Crippen LogP contribution < -0.4 is 4.74 Å². The molecule has 0 aliphatic rings. The highest BCUT2D eigenvalue weighted by molar-refractivity contribution is 6.29. The maximum Gasteiger partial charge on any atom is 0.314 e. The molecule has 0 amide bonds. The van der Waals surface area contributed by atoms with Crippen molar-refractivity contribution in [3.8, 4) is 5.75 Å². The third-order valence-corrected chi connectivity index (χ3v) is 2.38. The van der Waals surface area contributed by atoms with E-state index in [1.807, 2.05) is 0 Å². The molecule has 1 heterocycles. The van der Waals surface area contributed by atoms with Crippen molar-refractivity contribution < 1.29 is 14.1 Å². The quantitative estimate of drug-likeness (QED) is 0.637. The van der Waals surface area contributed by atoms with Crippen molar-refractivity contribution in [1.82, 2.24) is 9.97 Å². The first-order valence-electron chi connectivity index (χ1n) is 5.10. The number of rotatable bonds is 4. The Hall–Kier alpha value is -2.28. The largest absolute Gasteiger partial charge is 0.478 e. The van der Waals surface area contributed by atoms with Gasteiger partial charge < -0.3 is 4.74 Å². The summed E-state index contributed by atoms with van der Waals surface area (Å²) < 4.78 is 18.6. The molecule has 2 rings (SSSR count). The number of nitrogens with zero attached hydrogens (tertiary/aromatic N) is 3. The number of hydrogen-bond acceptors (Lipinski definition) is 5. The summed E-state index contributed by atoms with van der Waals surface area (Å²) >= 11 is 5.56. The lowest BCUT2D eigenvalue weighted by molar-refractivity contribution is -0.386. The molecule has 0 spiro atoms. The molecule has 98 valence electrons. The summed E-state index contributed by atoms with van der Waals surface area (Å²) in [6.07, 6.45) is 2.64. The van der Waals surface area contributed by atoms with Crippen molar-refractivity contribution >= 4 is 17.3 Å². The van der Waals surface area contributed by atoms with E-state index in [4.69, 9.17) is 16.3 Å². The predicted molar refractivity (Wildman–Crippen MR) is 64.4 cm³/mol. The second-order valence-electron chi connectivity index (χ2n) is 3.46. The lowest BCUT2D eigenvalue weighted by atomic mass is 10.3.